The minimum Gasteiger partial charge on any atom is -0.484 e. The third kappa shape index (κ3) is 4.43. The highest BCUT2D eigenvalue weighted by molar-refractivity contribution is 7.10. The third-order valence-electron chi connectivity index (χ3n) is 3.21. The van der Waals surface area contributed by atoms with Crippen LogP contribution in [0.25, 0.3) is 0 Å². The zero-order valence-corrected chi connectivity index (χ0v) is 13.5. The lowest BCUT2D eigenvalue weighted by Gasteiger charge is -2.13. The van der Waals surface area contributed by atoms with Crippen molar-refractivity contribution in [3.05, 3.63) is 52.2 Å². The number of hydrogen-bond donors (Lipinski definition) is 1. The normalized spacial score (nSPS) is 11.7. The molecule has 5 heteroatoms. The molecule has 1 aromatic carbocycles. The SMILES string of the molecule is CCC(=O)c1ccc(OCC(=O)N[C@H](C)c2cccs2)cc1. The predicted molar refractivity (Wildman–Crippen MR) is 87.4 cm³/mol. The smallest absolute Gasteiger partial charge is 0.258 e. The van der Waals surface area contributed by atoms with Crippen LogP contribution in [0.1, 0.15) is 41.5 Å². The summed E-state index contributed by atoms with van der Waals surface area (Å²) in [6.45, 7) is 3.72. The highest BCUT2D eigenvalue weighted by Crippen LogP contribution is 2.18. The van der Waals surface area contributed by atoms with Gasteiger partial charge < -0.3 is 10.1 Å². The first-order valence-corrected chi connectivity index (χ1v) is 8.07. The van der Waals surface area contributed by atoms with E-state index in [4.69, 9.17) is 4.74 Å². The van der Waals surface area contributed by atoms with Gasteiger partial charge in [-0.05, 0) is 42.6 Å². The molecule has 0 aliphatic heterocycles. The summed E-state index contributed by atoms with van der Waals surface area (Å²) < 4.78 is 5.43. The van der Waals surface area contributed by atoms with E-state index >= 15 is 0 Å². The monoisotopic (exact) mass is 317 g/mol. The van der Waals surface area contributed by atoms with Gasteiger partial charge in [0.15, 0.2) is 12.4 Å². The second kappa shape index (κ2) is 7.75. The molecule has 0 aliphatic carbocycles. The van der Waals surface area contributed by atoms with E-state index in [1.54, 1.807) is 35.6 Å². The highest BCUT2D eigenvalue weighted by Gasteiger charge is 2.11. The van der Waals surface area contributed by atoms with Crippen LogP contribution < -0.4 is 10.1 Å². The Bertz CT molecular complexity index is 620. The van der Waals surface area contributed by atoms with Crippen molar-refractivity contribution in [3.8, 4) is 5.75 Å². The van der Waals surface area contributed by atoms with Gasteiger partial charge in [-0.15, -0.1) is 11.3 Å². The predicted octanol–water partition coefficient (Wildman–Crippen LogP) is 3.60. The van der Waals surface area contributed by atoms with Crippen molar-refractivity contribution in [2.45, 2.75) is 26.3 Å². The van der Waals surface area contributed by atoms with Crippen molar-refractivity contribution in [1.82, 2.24) is 5.32 Å². The van der Waals surface area contributed by atoms with Crippen LogP contribution in [0.15, 0.2) is 41.8 Å². The maximum Gasteiger partial charge on any atom is 0.258 e. The molecule has 0 spiro atoms. The minimum atomic E-state index is -0.172. The average Bonchev–Trinajstić information content (AvgIpc) is 3.07. The zero-order chi connectivity index (χ0) is 15.9. The summed E-state index contributed by atoms with van der Waals surface area (Å²) in [6, 6.07) is 10.8. The number of carbonyl (C=O) groups excluding carboxylic acids is 2. The number of ketones is 1. The molecule has 0 unspecified atom stereocenters. The van der Waals surface area contributed by atoms with Crippen LogP contribution in [0.4, 0.5) is 0 Å². The van der Waals surface area contributed by atoms with Crippen LogP contribution in [0, 0.1) is 0 Å². The number of ether oxygens (including phenoxy) is 1. The fourth-order valence-electron chi connectivity index (χ4n) is 1.98. The molecular weight excluding hydrogens is 298 g/mol. The van der Waals surface area contributed by atoms with Crippen LogP contribution in [-0.2, 0) is 4.79 Å². The Morgan fingerprint density at radius 3 is 2.55 bits per heavy atom. The van der Waals surface area contributed by atoms with Gasteiger partial charge in [0.05, 0.1) is 6.04 Å². The van der Waals surface area contributed by atoms with Crippen LogP contribution in [-0.4, -0.2) is 18.3 Å². The highest BCUT2D eigenvalue weighted by atomic mass is 32.1. The Hall–Kier alpha value is -2.14. The first-order valence-electron chi connectivity index (χ1n) is 7.19. The Balaban J connectivity index is 1.82. The number of amides is 1. The number of benzene rings is 1. The van der Waals surface area contributed by atoms with Gasteiger partial charge in [0.1, 0.15) is 5.75 Å². The van der Waals surface area contributed by atoms with Crippen molar-refractivity contribution in [2.24, 2.45) is 0 Å². The van der Waals surface area contributed by atoms with Gasteiger partial charge in [-0.3, -0.25) is 9.59 Å². The number of nitrogens with one attached hydrogen (secondary N) is 1. The lowest BCUT2D eigenvalue weighted by Crippen LogP contribution is -2.30. The number of hydrogen-bond acceptors (Lipinski definition) is 4. The van der Waals surface area contributed by atoms with E-state index in [2.05, 4.69) is 5.32 Å². The van der Waals surface area contributed by atoms with Crippen LogP contribution in [0.5, 0.6) is 5.75 Å². The summed E-state index contributed by atoms with van der Waals surface area (Å²) in [4.78, 5) is 24.5. The van der Waals surface area contributed by atoms with Gasteiger partial charge in [-0.25, -0.2) is 0 Å². The first kappa shape index (κ1) is 16.2. The molecule has 0 saturated carbocycles. The zero-order valence-electron chi connectivity index (χ0n) is 12.7. The summed E-state index contributed by atoms with van der Waals surface area (Å²) >= 11 is 1.61. The molecule has 1 atom stereocenters. The van der Waals surface area contributed by atoms with Crippen LogP contribution >= 0.6 is 11.3 Å². The van der Waals surface area contributed by atoms with Crippen molar-refractivity contribution >= 4 is 23.0 Å². The maximum absolute atomic E-state index is 11.9. The molecule has 0 saturated heterocycles. The molecule has 2 rings (SSSR count). The minimum absolute atomic E-state index is 0.0272. The van der Waals surface area contributed by atoms with Crippen LogP contribution in [0.3, 0.4) is 0 Å². The van der Waals surface area contributed by atoms with Gasteiger partial charge in [0.25, 0.3) is 5.91 Å². The third-order valence-corrected chi connectivity index (χ3v) is 4.27. The summed E-state index contributed by atoms with van der Waals surface area (Å²) in [6.07, 6.45) is 0.475. The van der Waals surface area contributed by atoms with Crippen molar-refractivity contribution in [2.75, 3.05) is 6.61 Å². The van der Waals surface area contributed by atoms with Crippen LogP contribution in [0.2, 0.25) is 0 Å². The summed E-state index contributed by atoms with van der Waals surface area (Å²) in [5, 5.41) is 4.86. The molecule has 0 radical (unpaired) electrons. The second-order valence-electron chi connectivity index (χ2n) is 4.89. The standard InChI is InChI=1S/C17H19NO3S/c1-3-15(19)13-6-8-14(9-7-13)21-11-17(20)18-12(2)16-5-4-10-22-16/h4-10,12H,3,11H2,1-2H3,(H,18,20)/t12-/m1/s1. The fourth-order valence-corrected chi connectivity index (χ4v) is 2.72. The number of rotatable bonds is 7. The molecule has 1 N–H and O–H groups in total. The van der Waals surface area contributed by atoms with E-state index in [-0.39, 0.29) is 24.3 Å². The molecule has 1 heterocycles. The summed E-state index contributed by atoms with van der Waals surface area (Å²) in [5.41, 5.74) is 0.658. The fraction of sp³-hybridized carbons (Fsp3) is 0.294. The Kier molecular flexibility index (Phi) is 5.72. The van der Waals surface area contributed by atoms with E-state index < -0.39 is 0 Å². The van der Waals surface area contributed by atoms with Gasteiger partial charge in [0.2, 0.25) is 0 Å². The van der Waals surface area contributed by atoms with E-state index in [0.29, 0.717) is 17.7 Å². The molecule has 0 aliphatic rings. The van der Waals surface area contributed by atoms with E-state index in [9.17, 15) is 9.59 Å². The first-order chi connectivity index (χ1) is 10.6. The largest absolute Gasteiger partial charge is 0.484 e. The summed E-state index contributed by atoms with van der Waals surface area (Å²) in [5.74, 6) is 0.496. The number of carbonyl (C=O) groups is 2. The van der Waals surface area contributed by atoms with Gasteiger partial charge >= 0.3 is 0 Å². The van der Waals surface area contributed by atoms with E-state index in [0.717, 1.165) is 4.88 Å². The lowest BCUT2D eigenvalue weighted by molar-refractivity contribution is -0.123. The number of Topliss-reactive ketones (excluding diaryl/α,β-unsaturated/α-hetero) is 1. The Morgan fingerprint density at radius 1 is 1.23 bits per heavy atom. The molecular formula is C17H19NO3S. The molecule has 22 heavy (non-hydrogen) atoms. The molecule has 1 amide bonds. The van der Waals surface area contributed by atoms with E-state index in [1.807, 2.05) is 31.4 Å². The number of thiophene rings is 1. The van der Waals surface area contributed by atoms with Gasteiger partial charge in [0, 0.05) is 16.9 Å². The molecule has 4 nitrogen and oxygen atoms in total. The van der Waals surface area contributed by atoms with Crippen molar-refractivity contribution < 1.29 is 14.3 Å². The Labute approximate surface area is 134 Å². The second-order valence-corrected chi connectivity index (χ2v) is 5.87. The quantitative estimate of drug-likeness (QED) is 0.794. The average molecular weight is 317 g/mol. The Morgan fingerprint density at radius 2 is 1.95 bits per heavy atom. The maximum atomic E-state index is 11.9. The van der Waals surface area contributed by atoms with Crippen molar-refractivity contribution in [1.29, 1.82) is 0 Å². The van der Waals surface area contributed by atoms with Gasteiger partial charge in [-0.1, -0.05) is 13.0 Å². The molecule has 0 bridgehead atoms. The lowest BCUT2D eigenvalue weighted by atomic mass is 10.1. The van der Waals surface area contributed by atoms with Gasteiger partial charge in [-0.2, -0.15) is 0 Å². The molecule has 116 valence electrons. The summed E-state index contributed by atoms with van der Waals surface area (Å²) in [7, 11) is 0. The molecule has 2 aromatic rings. The van der Waals surface area contributed by atoms with E-state index in [1.165, 1.54) is 0 Å². The molecule has 0 fully saturated rings. The topological polar surface area (TPSA) is 55.4 Å². The van der Waals surface area contributed by atoms with Crippen molar-refractivity contribution in [3.63, 3.8) is 0 Å². The molecule has 1 aromatic heterocycles.